The first-order valence-electron chi connectivity index (χ1n) is 12.5. The van der Waals surface area contributed by atoms with Crippen LogP contribution in [0.4, 0.5) is 0 Å². The average Bonchev–Trinajstić information content (AvgIpc) is 3.10. The second kappa shape index (κ2) is 8.22. The second-order valence-corrected chi connectivity index (χ2v) is 11.7. The minimum Gasteiger partial charge on any atom is -0.469 e. The maximum absolute atomic E-state index is 11.7. The molecular formula is C26H42O4. The van der Waals surface area contributed by atoms with Gasteiger partial charge in [-0.05, 0) is 104 Å². The van der Waals surface area contributed by atoms with Crippen molar-refractivity contribution < 1.29 is 19.4 Å². The van der Waals surface area contributed by atoms with E-state index in [9.17, 15) is 14.7 Å². The fraction of sp³-hybridized carbons (Fsp3) is 0.923. The monoisotopic (exact) mass is 418 g/mol. The number of aldehydes is 1. The van der Waals surface area contributed by atoms with Crippen LogP contribution in [0.2, 0.25) is 0 Å². The summed E-state index contributed by atoms with van der Waals surface area (Å²) >= 11 is 0. The van der Waals surface area contributed by atoms with E-state index in [0.717, 1.165) is 32.1 Å². The number of ether oxygens (including phenoxy) is 1. The summed E-state index contributed by atoms with van der Waals surface area (Å²) in [5.41, 5.74) is 0.263. The summed E-state index contributed by atoms with van der Waals surface area (Å²) in [5, 5.41) is 11.6. The van der Waals surface area contributed by atoms with E-state index in [2.05, 4.69) is 20.8 Å². The Labute approximate surface area is 182 Å². The summed E-state index contributed by atoms with van der Waals surface area (Å²) in [6.45, 7) is 7.12. The third-order valence-electron chi connectivity index (χ3n) is 10.8. The Balaban J connectivity index is 1.53. The van der Waals surface area contributed by atoms with Crippen LogP contribution in [0.15, 0.2) is 0 Å². The quantitative estimate of drug-likeness (QED) is 0.503. The molecule has 0 radical (unpaired) electrons. The van der Waals surface area contributed by atoms with Crippen LogP contribution in [0.1, 0.15) is 85.0 Å². The Morgan fingerprint density at radius 2 is 1.90 bits per heavy atom. The highest BCUT2D eigenvalue weighted by atomic mass is 16.5. The molecule has 0 aromatic heterocycles. The molecule has 4 fully saturated rings. The summed E-state index contributed by atoms with van der Waals surface area (Å²) < 4.78 is 4.85. The number of aliphatic hydroxyl groups is 1. The van der Waals surface area contributed by atoms with Crippen molar-refractivity contribution in [1.82, 2.24) is 0 Å². The first-order chi connectivity index (χ1) is 14.3. The largest absolute Gasteiger partial charge is 0.469 e. The lowest BCUT2D eigenvalue weighted by Gasteiger charge is -2.62. The van der Waals surface area contributed by atoms with E-state index >= 15 is 0 Å². The van der Waals surface area contributed by atoms with E-state index in [1.807, 2.05) is 0 Å². The molecule has 0 spiro atoms. The SMILES string of the molecule is COC(=O)CC[C@@H](C)[C@H]1CC[C@H]2[C@@H]3CC[C@@H]4C[C@H](C=O)CC[C@]4(C)[C@H]3C[C@H](O)[C@]12C. The van der Waals surface area contributed by atoms with E-state index in [0.29, 0.717) is 47.3 Å². The average molecular weight is 419 g/mol. The Hall–Kier alpha value is -0.900. The molecule has 0 saturated heterocycles. The molecule has 0 unspecified atom stereocenters. The molecule has 4 aliphatic carbocycles. The van der Waals surface area contributed by atoms with Gasteiger partial charge in [-0.25, -0.2) is 0 Å². The van der Waals surface area contributed by atoms with Crippen LogP contribution in [0.25, 0.3) is 0 Å². The molecule has 4 nitrogen and oxygen atoms in total. The maximum atomic E-state index is 11.7. The lowest BCUT2D eigenvalue weighted by molar-refractivity contribution is -0.171. The molecule has 4 saturated carbocycles. The van der Waals surface area contributed by atoms with Gasteiger partial charge in [0.25, 0.3) is 0 Å². The molecule has 170 valence electrons. The van der Waals surface area contributed by atoms with Gasteiger partial charge in [0.15, 0.2) is 0 Å². The molecule has 4 heteroatoms. The molecule has 1 N–H and O–H groups in total. The molecule has 0 aromatic carbocycles. The van der Waals surface area contributed by atoms with E-state index in [1.165, 1.54) is 39.1 Å². The van der Waals surface area contributed by atoms with Crippen LogP contribution < -0.4 is 0 Å². The van der Waals surface area contributed by atoms with E-state index in [-0.39, 0.29) is 23.4 Å². The molecular weight excluding hydrogens is 376 g/mol. The van der Waals surface area contributed by atoms with Crippen LogP contribution in [-0.4, -0.2) is 30.6 Å². The zero-order valence-electron chi connectivity index (χ0n) is 19.4. The van der Waals surface area contributed by atoms with Gasteiger partial charge in [-0.2, -0.15) is 0 Å². The van der Waals surface area contributed by atoms with Gasteiger partial charge in [0.05, 0.1) is 13.2 Å². The third kappa shape index (κ3) is 3.36. The normalized spacial score (nSPS) is 48.8. The highest BCUT2D eigenvalue weighted by Crippen LogP contribution is 2.68. The molecule has 0 aromatic rings. The molecule has 10 atom stereocenters. The Morgan fingerprint density at radius 3 is 2.60 bits per heavy atom. The van der Waals surface area contributed by atoms with Gasteiger partial charge in [-0.3, -0.25) is 4.79 Å². The van der Waals surface area contributed by atoms with Crippen LogP contribution in [-0.2, 0) is 14.3 Å². The predicted molar refractivity (Wildman–Crippen MR) is 117 cm³/mol. The minimum absolute atomic E-state index is 0.0279. The standard InChI is InChI=1S/C26H42O4/c1-16(5-10-24(29)30-4)20-8-9-21-19-7-6-18-13-17(15-27)11-12-25(18,2)22(19)14-23(28)26(20,21)3/h15-23,28H,5-14H2,1-4H3/t16-,17-,18-,19+,20-,21+,22+,23+,25+,26-/m1/s1. The van der Waals surface area contributed by atoms with Gasteiger partial charge in [0.1, 0.15) is 6.29 Å². The van der Waals surface area contributed by atoms with Crippen LogP contribution in [0.3, 0.4) is 0 Å². The number of methoxy groups -OCH3 is 1. The van der Waals surface area contributed by atoms with Crippen LogP contribution in [0.5, 0.6) is 0 Å². The second-order valence-electron chi connectivity index (χ2n) is 11.7. The van der Waals surface area contributed by atoms with Gasteiger partial charge < -0.3 is 14.6 Å². The first-order valence-corrected chi connectivity index (χ1v) is 12.5. The highest BCUT2D eigenvalue weighted by Gasteiger charge is 2.63. The number of hydrogen-bond acceptors (Lipinski definition) is 4. The van der Waals surface area contributed by atoms with Crippen molar-refractivity contribution in [3.63, 3.8) is 0 Å². The lowest BCUT2D eigenvalue weighted by Crippen LogP contribution is -2.58. The van der Waals surface area contributed by atoms with E-state index in [1.54, 1.807) is 0 Å². The van der Waals surface area contributed by atoms with Crippen molar-refractivity contribution in [2.45, 2.75) is 91.1 Å². The Morgan fingerprint density at radius 1 is 1.13 bits per heavy atom. The van der Waals surface area contributed by atoms with Crippen LogP contribution >= 0.6 is 0 Å². The molecule has 0 amide bonds. The van der Waals surface area contributed by atoms with Crippen molar-refractivity contribution in [3.8, 4) is 0 Å². The molecule has 0 bridgehead atoms. The first kappa shape index (κ1) is 22.3. The fourth-order valence-corrected chi connectivity index (χ4v) is 8.99. The number of esters is 1. The Bertz CT molecular complexity index is 661. The van der Waals surface area contributed by atoms with Gasteiger partial charge in [-0.15, -0.1) is 0 Å². The van der Waals surface area contributed by atoms with E-state index in [4.69, 9.17) is 4.74 Å². The van der Waals surface area contributed by atoms with Gasteiger partial charge in [0, 0.05) is 12.3 Å². The Kier molecular flexibility index (Phi) is 6.11. The number of aliphatic hydroxyl groups excluding tert-OH is 1. The van der Waals surface area contributed by atoms with Gasteiger partial charge in [-0.1, -0.05) is 20.8 Å². The van der Waals surface area contributed by atoms with Gasteiger partial charge >= 0.3 is 5.97 Å². The zero-order valence-corrected chi connectivity index (χ0v) is 19.4. The van der Waals surface area contributed by atoms with Crippen LogP contribution in [0, 0.1) is 52.3 Å². The summed E-state index contributed by atoms with van der Waals surface area (Å²) in [4.78, 5) is 23.1. The summed E-state index contributed by atoms with van der Waals surface area (Å²) in [6, 6.07) is 0. The number of fused-ring (bicyclic) bond motifs is 5. The zero-order chi connectivity index (χ0) is 21.7. The highest BCUT2D eigenvalue weighted by molar-refractivity contribution is 5.69. The summed E-state index contributed by atoms with van der Waals surface area (Å²) in [7, 11) is 1.46. The topological polar surface area (TPSA) is 63.6 Å². The molecule has 4 rings (SSSR count). The number of carbonyl (C=O) groups is 2. The van der Waals surface area contributed by atoms with Gasteiger partial charge in [0.2, 0.25) is 0 Å². The minimum atomic E-state index is -0.254. The smallest absolute Gasteiger partial charge is 0.305 e. The number of carbonyl (C=O) groups excluding carboxylic acids is 2. The molecule has 0 heterocycles. The molecule has 4 aliphatic rings. The van der Waals surface area contributed by atoms with Crippen molar-refractivity contribution >= 4 is 12.3 Å². The van der Waals surface area contributed by atoms with Crippen molar-refractivity contribution in [3.05, 3.63) is 0 Å². The maximum Gasteiger partial charge on any atom is 0.305 e. The summed E-state index contributed by atoms with van der Waals surface area (Å²) in [5.74, 6) is 3.60. The summed E-state index contributed by atoms with van der Waals surface area (Å²) in [6.07, 6.45) is 11.4. The van der Waals surface area contributed by atoms with E-state index < -0.39 is 0 Å². The lowest BCUT2D eigenvalue weighted by atomic mass is 9.43. The number of rotatable bonds is 5. The fourth-order valence-electron chi connectivity index (χ4n) is 8.99. The van der Waals surface area contributed by atoms with Crippen molar-refractivity contribution in [2.24, 2.45) is 52.3 Å². The molecule has 30 heavy (non-hydrogen) atoms. The van der Waals surface area contributed by atoms with Crippen molar-refractivity contribution in [2.75, 3.05) is 7.11 Å². The predicted octanol–water partition coefficient (Wildman–Crippen LogP) is 5.02. The molecule has 0 aliphatic heterocycles. The number of hydrogen-bond donors (Lipinski definition) is 1. The van der Waals surface area contributed by atoms with Crippen molar-refractivity contribution in [1.29, 1.82) is 0 Å². The third-order valence-corrected chi connectivity index (χ3v) is 10.8.